The first-order valence-corrected chi connectivity index (χ1v) is 9.19. The highest BCUT2D eigenvalue weighted by molar-refractivity contribution is 5.85. The molecule has 7 nitrogen and oxygen atoms in total. The number of carbonyl (C=O) groups is 2. The second-order valence-corrected chi connectivity index (χ2v) is 6.51. The van der Waals surface area contributed by atoms with Crippen LogP contribution in [0.4, 0.5) is 0 Å². The molecule has 1 aliphatic heterocycles. The van der Waals surface area contributed by atoms with Crippen molar-refractivity contribution in [2.75, 3.05) is 40.4 Å². The third-order valence-electron chi connectivity index (χ3n) is 4.71. The Kier molecular flexibility index (Phi) is 7.72. The number of rotatable bonds is 9. The summed E-state index contributed by atoms with van der Waals surface area (Å²) in [5, 5.41) is 5.47. The molecule has 1 aromatic rings. The van der Waals surface area contributed by atoms with Gasteiger partial charge in [-0.05, 0) is 18.6 Å². The molecule has 1 saturated heterocycles. The monoisotopic (exact) mass is 364 g/mol. The van der Waals surface area contributed by atoms with Crippen molar-refractivity contribution in [3.63, 3.8) is 0 Å². The van der Waals surface area contributed by atoms with E-state index < -0.39 is 0 Å². The van der Waals surface area contributed by atoms with E-state index in [2.05, 4.69) is 10.6 Å². The van der Waals surface area contributed by atoms with Crippen LogP contribution in [0.2, 0.25) is 0 Å². The van der Waals surface area contributed by atoms with E-state index in [1.54, 1.807) is 14.2 Å². The second-order valence-electron chi connectivity index (χ2n) is 6.51. The van der Waals surface area contributed by atoms with Crippen molar-refractivity contribution >= 4 is 11.8 Å². The number of carbonyl (C=O) groups excluding carboxylic acids is 2. The summed E-state index contributed by atoms with van der Waals surface area (Å²) >= 11 is 0. The Morgan fingerprint density at radius 3 is 2.69 bits per heavy atom. The van der Waals surface area contributed by atoms with Crippen LogP contribution in [0.3, 0.4) is 0 Å². The highest BCUT2D eigenvalue weighted by Crippen LogP contribution is 2.31. The van der Waals surface area contributed by atoms with Crippen molar-refractivity contribution in [2.24, 2.45) is 0 Å². The van der Waals surface area contributed by atoms with Crippen LogP contribution in [-0.4, -0.2) is 52.2 Å². The van der Waals surface area contributed by atoms with Gasteiger partial charge in [-0.2, -0.15) is 0 Å². The van der Waals surface area contributed by atoms with E-state index in [-0.39, 0.29) is 24.4 Å². The molecule has 1 unspecified atom stereocenters. The van der Waals surface area contributed by atoms with E-state index in [1.807, 2.05) is 25.1 Å². The third-order valence-corrected chi connectivity index (χ3v) is 4.71. The van der Waals surface area contributed by atoms with E-state index in [1.165, 1.54) is 4.90 Å². The number of hydrogen-bond acceptors (Lipinski definition) is 4. The minimum absolute atomic E-state index is 0.0304. The molecular weight excluding hydrogens is 334 g/mol. The Balaban J connectivity index is 1.95. The zero-order valence-electron chi connectivity index (χ0n) is 15.9. The van der Waals surface area contributed by atoms with Crippen molar-refractivity contribution < 1.29 is 24.0 Å². The Bertz CT molecular complexity index is 621. The maximum atomic E-state index is 12.2. The molecule has 0 aromatic heterocycles. The minimum Gasteiger partial charge on any atom is -0.497 e. The molecule has 7 heteroatoms. The van der Waals surface area contributed by atoms with Gasteiger partial charge in [-0.3, -0.25) is 9.59 Å². The average molecular weight is 364 g/mol. The van der Waals surface area contributed by atoms with Gasteiger partial charge in [0.25, 0.3) is 5.91 Å². The predicted octanol–water partition coefficient (Wildman–Crippen LogP) is 0.0660. The fraction of sp³-hybridized carbons (Fsp3) is 0.579. The minimum atomic E-state index is -0.148. The van der Waals surface area contributed by atoms with Gasteiger partial charge in [0.05, 0.1) is 32.9 Å². The predicted molar refractivity (Wildman–Crippen MR) is 98.5 cm³/mol. The summed E-state index contributed by atoms with van der Waals surface area (Å²) in [6, 6.07) is 6.02. The van der Waals surface area contributed by atoms with Crippen LogP contribution in [0.1, 0.15) is 37.8 Å². The molecule has 0 aliphatic carbocycles. The van der Waals surface area contributed by atoms with Gasteiger partial charge in [-0.1, -0.05) is 6.92 Å². The number of ether oxygens (including phenoxy) is 2. The summed E-state index contributed by atoms with van der Waals surface area (Å²) < 4.78 is 10.8. The van der Waals surface area contributed by atoms with Crippen LogP contribution in [0.15, 0.2) is 18.2 Å². The number of nitrogens with one attached hydrogen (secondary N) is 3. The Labute approximate surface area is 155 Å². The van der Waals surface area contributed by atoms with Gasteiger partial charge < -0.3 is 25.0 Å². The van der Waals surface area contributed by atoms with Gasteiger partial charge in [-0.15, -0.1) is 0 Å². The maximum absolute atomic E-state index is 12.2. The second kappa shape index (κ2) is 10.0. The smallest absolute Gasteiger partial charge is 0.275 e. The summed E-state index contributed by atoms with van der Waals surface area (Å²) in [6.07, 6.45) is 2.94. The van der Waals surface area contributed by atoms with E-state index in [0.717, 1.165) is 42.9 Å². The molecule has 2 atom stereocenters. The molecular formula is C19H30N3O4+. The number of amides is 2. The van der Waals surface area contributed by atoms with Crippen LogP contribution < -0.4 is 25.0 Å². The summed E-state index contributed by atoms with van der Waals surface area (Å²) in [4.78, 5) is 25.1. The average Bonchev–Trinajstić information content (AvgIpc) is 3.11. The van der Waals surface area contributed by atoms with Gasteiger partial charge in [-0.25, -0.2) is 0 Å². The Morgan fingerprint density at radius 2 is 2.00 bits per heavy atom. The van der Waals surface area contributed by atoms with Crippen LogP contribution >= 0.6 is 0 Å². The van der Waals surface area contributed by atoms with Gasteiger partial charge in [0.2, 0.25) is 5.91 Å². The molecule has 0 spiro atoms. The van der Waals surface area contributed by atoms with Crippen molar-refractivity contribution in [1.82, 2.24) is 10.6 Å². The Morgan fingerprint density at radius 1 is 1.19 bits per heavy atom. The van der Waals surface area contributed by atoms with E-state index in [9.17, 15) is 9.59 Å². The molecule has 0 saturated carbocycles. The first-order valence-electron chi connectivity index (χ1n) is 9.19. The lowest BCUT2D eigenvalue weighted by atomic mass is 10.0. The fourth-order valence-electron chi connectivity index (χ4n) is 3.38. The number of benzene rings is 1. The van der Waals surface area contributed by atoms with Crippen LogP contribution in [0.5, 0.6) is 11.5 Å². The number of quaternary nitrogens is 1. The molecule has 3 N–H and O–H groups in total. The summed E-state index contributed by atoms with van der Waals surface area (Å²) in [5.41, 5.74) is 1.09. The van der Waals surface area contributed by atoms with Crippen LogP contribution in [0, 0.1) is 0 Å². The van der Waals surface area contributed by atoms with E-state index >= 15 is 0 Å². The SMILES string of the molecule is CCCNC(=O)CNC(=O)C[NH+]1CCC[C@@H]1c1ccc(OC)cc1OC. The zero-order chi connectivity index (χ0) is 18.9. The summed E-state index contributed by atoms with van der Waals surface area (Å²) in [5.74, 6) is 1.28. The number of likely N-dealkylation sites (tertiary alicyclic amines) is 1. The molecule has 1 aromatic carbocycles. The summed E-state index contributed by atoms with van der Waals surface area (Å²) in [6.45, 7) is 3.92. The molecule has 144 valence electrons. The Hall–Kier alpha value is -2.28. The van der Waals surface area contributed by atoms with E-state index in [4.69, 9.17) is 9.47 Å². The lowest BCUT2D eigenvalue weighted by Gasteiger charge is -2.23. The van der Waals surface area contributed by atoms with Crippen molar-refractivity contribution in [1.29, 1.82) is 0 Å². The van der Waals surface area contributed by atoms with Crippen LogP contribution in [0.25, 0.3) is 0 Å². The molecule has 2 rings (SSSR count). The van der Waals surface area contributed by atoms with Crippen molar-refractivity contribution in [3.05, 3.63) is 23.8 Å². The van der Waals surface area contributed by atoms with Crippen LogP contribution in [-0.2, 0) is 9.59 Å². The highest BCUT2D eigenvalue weighted by atomic mass is 16.5. The standard InChI is InChI=1S/C19H29N3O4/c1-4-9-20-18(23)12-21-19(24)13-22-10-5-6-16(22)15-8-7-14(25-2)11-17(15)26-3/h7-8,11,16H,4-6,9-10,12-13H2,1-3H3,(H,20,23)(H,21,24)/p+1/t16-/m1/s1. The van der Waals surface area contributed by atoms with Crippen molar-refractivity contribution in [2.45, 2.75) is 32.2 Å². The largest absolute Gasteiger partial charge is 0.497 e. The van der Waals surface area contributed by atoms with Gasteiger partial charge >= 0.3 is 0 Å². The molecule has 1 heterocycles. The maximum Gasteiger partial charge on any atom is 0.275 e. The quantitative estimate of drug-likeness (QED) is 0.579. The van der Waals surface area contributed by atoms with Crippen molar-refractivity contribution in [3.8, 4) is 11.5 Å². The molecule has 1 aliphatic rings. The van der Waals surface area contributed by atoms with Gasteiger partial charge in [0.1, 0.15) is 17.5 Å². The number of methoxy groups -OCH3 is 2. The topological polar surface area (TPSA) is 81.1 Å². The third kappa shape index (κ3) is 5.36. The molecule has 26 heavy (non-hydrogen) atoms. The first kappa shape index (κ1) is 20.0. The molecule has 0 radical (unpaired) electrons. The zero-order valence-corrected chi connectivity index (χ0v) is 15.9. The molecule has 2 amide bonds. The fourth-order valence-corrected chi connectivity index (χ4v) is 3.38. The normalized spacial score (nSPS) is 19.0. The van der Waals surface area contributed by atoms with E-state index in [0.29, 0.717) is 13.1 Å². The summed E-state index contributed by atoms with van der Waals surface area (Å²) in [7, 11) is 3.27. The first-order chi connectivity index (χ1) is 12.6. The highest BCUT2D eigenvalue weighted by Gasteiger charge is 2.33. The lowest BCUT2D eigenvalue weighted by Crippen LogP contribution is -3.11. The number of hydrogen-bond donors (Lipinski definition) is 3. The van der Waals surface area contributed by atoms with Gasteiger partial charge in [0.15, 0.2) is 6.54 Å². The molecule has 0 bridgehead atoms. The van der Waals surface area contributed by atoms with Gasteiger partial charge in [0, 0.05) is 25.5 Å². The lowest BCUT2D eigenvalue weighted by molar-refractivity contribution is -0.910. The molecule has 1 fully saturated rings.